The second-order valence-corrected chi connectivity index (χ2v) is 7.30. The number of phenols is 1. The molecule has 0 aliphatic carbocycles. The van der Waals surface area contributed by atoms with Crippen molar-refractivity contribution in [3.63, 3.8) is 0 Å². The van der Waals surface area contributed by atoms with Crippen LogP contribution in [0.15, 0.2) is 53.7 Å². The zero-order chi connectivity index (χ0) is 18.6. The largest absolute Gasteiger partial charge is 0.508 e. The topological polar surface area (TPSA) is 80.2 Å². The normalized spacial score (nSPS) is 15.1. The molecule has 0 fully saturated rings. The van der Waals surface area contributed by atoms with Gasteiger partial charge in [0.25, 0.3) is 0 Å². The van der Waals surface area contributed by atoms with Gasteiger partial charge in [0.2, 0.25) is 11.0 Å². The number of para-hydroxylation sites is 1. The van der Waals surface area contributed by atoms with E-state index < -0.39 is 6.23 Å². The number of benzene rings is 2. The van der Waals surface area contributed by atoms with Gasteiger partial charge < -0.3 is 15.2 Å². The number of thioether (sulfide) groups is 1. The maximum Gasteiger partial charge on any atom is 0.247 e. The van der Waals surface area contributed by atoms with E-state index in [0.717, 1.165) is 35.4 Å². The molecule has 1 aliphatic rings. The van der Waals surface area contributed by atoms with Crippen LogP contribution in [-0.2, 0) is 0 Å². The van der Waals surface area contributed by atoms with Gasteiger partial charge >= 0.3 is 0 Å². The predicted octanol–water partition coefficient (Wildman–Crippen LogP) is 4.64. The van der Waals surface area contributed by atoms with Crippen molar-refractivity contribution in [1.82, 2.24) is 15.2 Å². The average Bonchev–Trinajstić information content (AvgIpc) is 2.85. The van der Waals surface area contributed by atoms with Crippen LogP contribution < -0.4 is 10.1 Å². The molecule has 0 radical (unpaired) electrons. The van der Waals surface area contributed by atoms with Gasteiger partial charge in [0.15, 0.2) is 11.9 Å². The van der Waals surface area contributed by atoms with Crippen LogP contribution in [-0.4, -0.2) is 26.0 Å². The molecular formula is C20H20N4O2S. The molecule has 3 aromatic rings. The molecule has 0 bridgehead atoms. The van der Waals surface area contributed by atoms with E-state index in [2.05, 4.69) is 27.4 Å². The number of aromatic nitrogens is 3. The van der Waals surface area contributed by atoms with Crippen LogP contribution in [0.4, 0.5) is 5.69 Å². The van der Waals surface area contributed by atoms with E-state index in [1.807, 2.05) is 30.3 Å². The minimum atomic E-state index is -0.496. The highest BCUT2D eigenvalue weighted by Gasteiger charge is 2.26. The number of hydrogen-bond donors (Lipinski definition) is 2. The van der Waals surface area contributed by atoms with Crippen molar-refractivity contribution in [1.29, 1.82) is 0 Å². The van der Waals surface area contributed by atoms with Gasteiger partial charge in [-0.05, 0) is 24.6 Å². The highest BCUT2D eigenvalue weighted by Crippen LogP contribution is 2.39. The molecular weight excluding hydrogens is 360 g/mol. The summed E-state index contributed by atoms with van der Waals surface area (Å²) in [4.78, 5) is 4.61. The molecule has 0 spiro atoms. The summed E-state index contributed by atoms with van der Waals surface area (Å²) in [5.74, 6) is 1.57. The lowest BCUT2D eigenvalue weighted by Crippen LogP contribution is -2.17. The third-order valence-electron chi connectivity index (χ3n) is 4.24. The number of unbranched alkanes of at least 4 members (excludes halogenated alkanes) is 1. The number of phenolic OH excluding ortho intramolecular Hbond substituents is 1. The number of hydrogen-bond acceptors (Lipinski definition) is 7. The van der Waals surface area contributed by atoms with Gasteiger partial charge in [-0.25, -0.2) is 0 Å². The molecule has 27 heavy (non-hydrogen) atoms. The number of nitrogens with one attached hydrogen (secondary N) is 1. The highest BCUT2D eigenvalue weighted by atomic mass is 32.2. The third kappa shape index (κ3) is 3.83. The molecule has 138 valence electrons. The fourth-order valence-electron chi connectivity index (χ4n) is 2.85. The SMILES string of the molecule is CCCCSc1nnc2c(n1)O[C@H](c1cccc(O)c1)Nc1ccccc1-2. The first kappa shape index (κ1) is 17.6. The van der Waals surface area contributed by atoms with E-state index in [1.54, 1.807) is 30.0 Å². The fraction of sp³-hybridized carbons (Fsp3) is 0.250. The number of fused-ring (bicyclic) bond motifs is 3. The zero-order valence-electron chi connectivity index (χ0n) is 14.9. The summed E-state index contributed by atoms with van der Waals surface area (Å²) < 4.78 is 6.18. The summed E-state index contributed by atoms with van der Waals surface area (Å²) in [6.45, 7) is 2.16. The average molecular weight is 380 g/mol. The van der Waals surface area contributed by atoms with Crippen molar-refractivity contribution in [3.05, 3.63) is 54.1 Å². The Morgan fingerprint density at radius 2 is 2.04 bits per heavy atom. The molecule has 0 unspecified atom stereocenters. The van der Waals surface area contributed by atoms with Crippen LogP contribution in [0, 0.1) is 0 Å². The van der Waals surface area contributed by atoms with Gasteiger partial charge in [0.05, 0.1) is 0 Å². The lowest BCUT2D eigenvalue weighted by Gasteiger charge is -2.19. The van der Waals surface area contributed by atoms with E-state index in [-0.39, 0.29) is 5.75 Å². The zero-order valence-corrected chi connectivity index (χ0v) is 15.7. The maximum atomic E-state index is 9.84. The molecule has 0 amide bonds. The van der Waals surface area contributed by atoms with Gasteiger partial charge in [0.1, 0.15) is 5.75 Å². The molecule has 7 heteroatoms. The van der Waals surface area contributed by atoms with Gasteiger partial charge in [-0.15, -0.1) is 10.2 Å². The van der Waals surface area contributed by atoms with Gasteiger partial charge in [-0.1, -0.05) is 55.4 Å². The second kappa shape index (κ2) is 7.84. The lowest BCUT2D eigenvalue weighted by atomic mass is 10.1. The Labute approximate surface area is 162 Å². The maximum absolute atomic E-state index is 9.84. The molecule has 0 saturated carbocycles. The van der Waals surface area contributed by atoms with Gasteiger partial charge in [-0.2, -0.15) is 4.98 Å². The fourth-order valence-corrected chi connectivity index (χ4v) is 3.72. The Kier molecular flexibility index (Phi) is 5.11. The summed E-state index contributed by atoms with van der Waals surface area (Å²) in [5.41, 5.74) is 3.18. The lowest BCUT2D eigenvalue weighted by molar-refractivity contribution is 0.225. The summed E-state index contributed by atoms with van der Waals surface area (Å²) in [6, 6.07) is 14.8. The van der Waals surface area contributed by atoms with Crippen LogP contribution in [0.2, 0.25) is 0 Å². The first-order valence-corrected chi connectivity index (χ1v) is 9.92. The first-order chi connectivity index (χ1) is 13.2. The Morgan fingerprint density at radius 1 is 1.15 bits per heavy atom. The van der Waals surface area contributed by atoms with Crippen molar-refractivity contribution in [2.24, 2.45) is 0 Å². The molecule has 4 rings (SSSR count). The monoisotopic (exact) mass is 380 g/mol. The van der Waals surface area contributed by atoms with Crippen LogP contribution >= 0.6 is 11.8 Å². The first-order valence-electron chi connectivity index (χ1n) is 8.93. The van der Waals surface area contributed by atoms with Crippen LogP contribution in [0.3, 0.4) is 0 Å². The molecule has 2 heterocycles. The van der Waals surface area contributed by atoms with Crippen molar-refractivity contribution < 1.29 is 9.84 Å². The summed E-state index contributed by atoms with van der Waals surface area (Å²) in [7, 11) is 0. The van der Waals surface area contributed by atoms with Crippen LogP contribution in [0.1, 0.15) is 31.6 Å². The molecule has 2 aromatic carbocycles. The Balaban J connectivity index is 1.74. The Morgan fingerprint density at radius 3 is 2.89 bits per heavy atom. The van der Waals surface area contributed by atoms with Gasteiger partial charge in [0, 0.05) is 22.6 Å². The van der Waals surface area contributed by atoms with Gasteiger partial charge in [-0.3, -0.25) is 0 Å². The molecule has 1 aromatic heterocycles. The summed E-state index contributed by atoms with van der Waals surface area (Å²) in [5, 5.41) is 22.5. The smallest absolute Gasteiger partial charge is 0.247 e. The van der Waals surface area contributed by atoms with E-state index in [0.29, 0.717) is 16.7 Å². The van der Waals surface area contributed by atoms with Crippen molar-refractivity contribution in [3.8, 4) is 22.9 Å². The summed E-state index contributed by atoms with van der Waals surface area (Å²) >= 11 is 1.58. The number of rotatable bonds is 5. The van der Waals surface area contributed by atoms with Crippen LogP contribution in [0.5, 0.6) is 11.6 Å². The van der Waals surface area contributed by atoms with E-state index in [4.69, 9.17) is 4.74 Å². The molecule has 1 atom stereocenters. The van der Waals surface area contributed by atoms with E-state index >= 15 is 0 Å². The van der Waals surface area contributed by atoms with Crippen molar-refractivity contribution in [2.45, 2.75) is 31.1 Å². The number of ether oxygens (including phenoxy) is 1. The minimum Gasteiger partial charge on any atom is -0.508 e. The number of aromatic hydroxyl groups is 1. The second-order valence-electron chi connectivity index (χ2n) is 6.23. The predicted molar refractivity (Wildman–Crippen MR) is 106 cm³/mol. The Bertz CT molecular complexity index is 951. The third-order valence-corrected chi connectivity index (χ3v) is 5.16. The molecule has 2 N–H and O–H groups in total. The molecule has 0 saturated heterocycles. The molecule has 6 nitrogen and oxygen atoms in total. The number of nitrogens with zero attached hydrogens (tertiary/aromatic N) is 3. The van der Waals surface area contributed by atoms with E-state index in [9.17, 15) is 5.11 Å². The quantitative estimate of drug-likeness (QED) is 0.493. The highest BCUT2D eigenvalue weighted by molar-refractivity contribution is 7.99. The minimum absolute atomic E-state index is 0.187. The molecule has 1 aliphatic heterocycles. The summed E-state index contributed by atoms with van der Waals surface area (Å²) in [6.07, 6.45) is 1.73. The number of anilines is 1. The standard InChI is InChI=1S/C20H20N4O2S/c1-2-3-11-27-20-22-19-17(23-24-20)15-9-4-5-10-16(15)21-18(26-19)13-7-6-8-14(25)12-13/h4-10,12,18,21,25H,2-3,11H2,1H3/t18-/m1/s1. The van der Waals surface area contributed by atoms with Crippen molar-refractivity contribution in [2.75, 3.05) is 11.1 Å². The van der Waals surface area contributed by atoms with Crippen molar-refractivity contribution >= 4 is 17.4 Å². The van der Waals surface area contributed by atoms with Crippen LogP contribution in [0.25, 0.3) is 11.3 Å². The van der Waals surface area contributed by atoms with E-state index in [1.165, 1.54) is 0 Å². The Hall–Kier alpha value is -2.80.